The molecule has 1 fully saturated rings. The second-order valence-corrected chi connectivity index (χ2v) is 9.44. The number of nitrogens with one attached hydrogen (secondary N) is 2. The molecule has 16 heteroatoms. The Labute approximate surface area is 195 Å². The molecule has 0 amide bonds. The molecule has 0 aliphatic heterocycles. The van der Waals surface area contributed by atoms with Crippen LogP contribution in [-0.4, -0.2) is 47.0 Å². The number of nitrogens with zero attached hydrogens (tertiary/aromatic N) is 4. The molecule has 1 atom stereocenters. The van der Waals surface area contributed by atoms with Crippen LogP contribution in [0, 0.1) is 5.82 Å². The molecule has 3 aromatic rings. The Balaban J connectivity index is 1.55. The van der Waals surface area contributed by atoms with E-state index in [1.54, 1.807) is 0 Å². The lowest BCUT2D eigenvalue weighted by Crippen LogP contribution is -2.34. The van der Waals surface area contributed by atoms with Gasteiger partial charge in [0.2, 0.25) is 16.0 Å². The van der Waals surface area contributed by atoms with Crippen LogP contribution < -0.4 is 14.8 Å². The summed E-state index contributed by atoms with van der Waals surface area (Å²) in [6, 6.07) is 1.96. The van der Waals surface area contributed by atoms with Gasteiger partial charge in [0.1, 0.15) is 11.6 Å². The monoisotopic (exact) mass is 520 g/mol. The first-order valence-corrected chi connectivity index (χ1v) is 11.6. The number of rotatable bonds is 11. The molecule has 0 radical (unpaired) electrons. The van der Waals surface area contributed by atoms with Gasteiger partial charge in [-0.2, -0.15) is 17.6 Å². The van der Waals surface area contributed by atoms with Gasteiger partial charge in [-0.25, -0.2) is 27.5 Å². The van der Waals surface area contributed by atoms with E-state index in [1.165, 1.54) is 12.4 Å². The SMILES string of the molecule is O=S(=O)(NCC(Nc1ncc(-c2nnc(C(F)F)o2)cn1)c1ccc(OC(F)F)cc1F)C1CC1. The van der Waals surface area contributed by atoms with Crippen molar-refractivity contribution in [3.63, 3.8) is 0 Å². The summed E-state index contributed by atoms with van der Waals surface area (Å²) in [7, 11) is -3.63. The normalized spacial score (nSPS) is 14.9. The molecule has 1 saturated carbocycles. The largest absolute Gasteiger partial charge is 0.435 e. The second kappa shape index (κ2) is 10.1. The van der Waals surface area contributed by atoms with Crippen LogP contribution >= 0.6 is 0 Å². The van der Waals surface area contributed by atoms with E-state index >= 15 is 0 Å². The molecule has 1 aliphatic rings. The third kappa shape index (κ3) is 6.19. The highest BCUT2D eigenvalue weighted by molar-refractivity contribution is 7.90. The minimum atomic E-state index is -3.63. The number of benzene rings is 1. The number of ether oxygens (including phenoxy) is 1. The van der Waals surface area contributed by atoms with Crippen molar-refractivity contribution in [1.29, 1.82) is 0 Å². The highest BCUT2D eigenvalue weighted by Gasteiger charge is 2.36. The predicted octanol–water partition coefficient (Wildman–Crippen LogP) is 3.44. The number of anilines is 1. The van der Waals surface area contributed by atoms with Crippen LogP contribution in [0.1, 0.15) is 36.8 Å². The van der Waals surface area contributed by atoms with Gasteiger partial charge in [0.25, 0.3) is 11.8 Å². The number of aromatic nitrogens is 4. The molecule has 0 spiro atoms. The average Bonchev–Trinajstić information content (AvgIpc) is 3.55. The van der Waals surface area contributed by atoms with Crippen LogP contribution in [-0.2, 0) is 10.0 Å². The summed E-state index contributed by atoms with van der Waals surface area (Å²) in [5, 5.41) is 8.91. The van der Waals surface area contributed by atoms with E-state index in [0.717, 1.165) is 18.2 Å². The Morgan fingerprint density at radius 2 is 1.83 bits per heavy atom. The lowest BCUT2D eigenvalue weighted by Gasteiger charge is -2.21. The molecule has 1 aromatic carbocycles. The molecule has 2 N–H and O–H groups in total. The van der Waals surface area contributed by atoms with E-state index < -0.39 is 51.8 Å². The first kappa shape index (κ1) is 24.7. The fourth-order valence-corrected chi connectivity index (χ4v) is 4.40. The third-order valence-corrected chi connectivity index (χ3v) is 6.77. The van der Waals surface area contributed by atoms with Crippen LogP contribution in [0.3, 0.4) is 0 Å². The first-order valence-electron chi connectivity index (χ1n) is 10.1. The number of hydrogen-bond donors (Lipinski definition) is 2. The van der Waals surface area contributed by atoms with Crippen LogP contribution in [0.2, 0.25) is 0 Å². The summed E-state index contributed by atoms with van der Waals surface area (Å²) in [6.45, 7) is -3.46. The zero-order valence-corrected chi connectivity index (χ0v) is 18.4. The van der Waals surface area contributed by atoms with Crippen LogP contribution in [0.5, 0.6) is 5.75 Å². The summed E-state index contributed by atoms with van der Waals surface area (Å²) in [4.78, 5) is 7.98. The summed E-state index contributed by atoms with van der Waals surface area (Å²) in [5.74, 6) is -2.55. The van der Waals surface area contributed by atoms with Gasteiger partial charge in [-0.1, -0.05) is 6.07 Å². The van der Waals surface area contributed by atoms with Crippen LogP contribution in [0.15, 0.2) is 35.0 Å². The number of alkyl halides is 4. The Kier molecular flexibility index (Phi) is 7.11. The number of sulfonamides is 1. The lowest BCUT2D eigenvalue weighted by molar-refractivity contribution is -0.0500. The summed E-state index contributed by atoms with van der Waals surface area (Å²) >= 11 is 0. The lowest BCUT2D eigenvalue weighted by atomic mass is 10.1. The zero-order valence-electron chi connectivity index (χ0n) is 17.5. The van der Waals surface area contributed by atoms with Crippen molar-refractivity contribution >= 4 is 16.0 Å². The van der Waals surface area contributed by atoms with Gasteiger partial charge in [-0.3, -0.25) is 0 Å². The van der Waals surface area contributed by atoms with Gasteiger partial charge < -0.3 is 14.5 Å². The maximum atomic E-state index is 14.7. The van der Waals surface area contributed by atoms with Gasteiger partial charge in [0, 0.05) is 30.6 Å². The second-order valence-electron chi connectivity index (χ2n) is 7.39. The molecule has 10 nitrogen and oxygen atoms in total. The Hall–Kier alpha value is -3.40. The maximum absolute atomic E-state index is 14.7. The standard InChI is InChI=1S/C19H17F5N6O4S/c20-13-5-10(33-18(23)24)1-4-12(13)14(8-27-35(31,32)11-2-3-11)28-19-25-6-9(7-26-19)16-29-30-17(34-16)15(21)22/h1,4-7,11,14-15,18,27H,2-3,8H2,(H,25,26,28). The van der Waals surface area contributed by atoms with E-state index in [2.05, 4.69) is 34.9 Å². The first-order chi connectivity index (χ1) is 16.6. The van der Waals surface area contributed by atoms with Gasteiger partial charge in [0.15, 0.2) is 0 Å². The topological polar surface area (TPSA) is 132 Å². The van der Waals surface area contributed by atoms with Crippen molar-refractivity contribution in [2.75, 3.05) is 11.9 Å². The molecule has 188 valence electrons. The van der Waals surface area contributed by atoms with Crippen molar-refractivity contribution < 1.29 is 39.5 Å². The van der Waals surface area contributed by atoms with Crippen molar-refractivity contribution in [2.24, 2.45) is 0 Å². The van der Waals surface area contributed by atoms with Crippen molar-refractivity contribution in [3.05, 3.63) is 47.9 Å². The molecular weight excluding hydrogens is 503 g/mol. The van der Waals surface area contributed by atoms with Crippen LogP contribution in [0.4, 0.5) is 27.9 Å². The van der Waals surface area contributed by atoms with Crippen molar-refractivity contribution in [2.45, 2.75) is 37.2 Å². The number of hydrogen-bond acceptors (Lipinski definition) is 9. The summed E-state index contributed by atoms with van der Waals surface area (Å²) < 4.78 is 101. The smallest absolute Gasteiger partial charge is 0.387 e. The van der Waals surface area contributed by atoms with E-state index in [0.29, 0.717) is 12.8 Å². The minimum Gasteiger partial charge on any atom is -0.435 e. The van der Waals surface area contributed by atoms with E-state index in [9.17, 15) is 30.4 Å². The molecule has 35 heavy (non-hydrogen) atoms. The van der Waals surface area contributed by atoms with Gasteiger partial charge >= 0.3 is 13.0 Å². The highest BCUT2D eigenvalue weighted by Crippen LogP contribution is 2.29. The fourth-order valence-electron chi connectivity index (χ4n) is 3.01. The Morgan fingerprint density at radius 3 is 2.40 bits per heavy atom. The molecule has 1 aliphatic carbocycles. The molecular formula is C19H17F5N6O4S. The van der Waals surface area contributed by atoms with E-state index in [1.807, 2.05) is 0 Å². The van der Waals surface area contributed by atoms with Crippen molar-refractivity contribution in [3.8, 4) is 17.2 Å². The molecule has 1 unspecified atom stereocenters. The highest BCUT2D eigenvalue weighted by atomic mass is 32.2. The molecule has 2 aromatic heterocycles. The van der Waals surface area contributed by atoms with Gasteiger partial charge in [-0.05, 0) is 18.9 Å². The van der Waals surface area contributed by atoms with Crippen molar-refractivity contribution in [1.82, 2.24) is 24.9 Å². The number of halogens is 5. The predicted molar refractivity (Wildman–Crippen MR) is 110 cm³/mol. The average molecular weight is 520 g/mol. The fraction of sp³-hybridized carbons (Fsp3) is 0.368. The van der Waals surface area contributed by atoms with Gasteiger partial charge in [0.05, 0.1) is 16.9 Å². The van der Waals surface area contributed by atoms with E-state index in [4.69, 9.17) is 4.42 Å². The maximum Gasteiger partial charge on any atom is 0.387 e. The zero-order chi connectivity index (χ0) is 25.2. The quantitative estimate of drug-likeness (QED) is 0.365. The third-order valence-electron chi connectivity index (χ3n) is 4.85. The molecule has 0 saturated heterocycles. The minimum absolute atomic E-state index is 0.0729. The Bertz CT molecular complexity index is 1270. The summed E-state index contributed by atoms with van der Waals surface area (Å²) in [5.41, 5.74) is 0.0527. The molecule has 0 bridgehead atoms. The molecule has 2 heterocycles. The molecule has 4 rings (SSSR count). The van der Waals surface area contributed by atoms with E-state index in [-0.39, 0.29) is 29.5 Å². The Morgan fingerprint density at radius 1 is 1.11 bits per heavy atom. The van der Waals surface area contributed by atoms with Crippen LogP contribution in [0.25, 0.3) is 11.5 Å². The summed E-state index contributed by atoms with van der Waals surface area (Å²) in [6.07, 6.45) is 0.425. The van der Waals surface area contributed by atoms with Gasteiger partial charge in [-0.15, -0.1) is 10.2 Å².